The summed E-state index contributed by atoms with van der Waals surface area (Å²) in [5, 5.41) is 4.23. The van der Waals surface area contributed by atoms with E-state index >= 15 is 0 Å². The Hall–Kier alpha value is -3.04. The molecule has 9 heteroatoms. The first kappa shape index (κ1) is 20.2. The summed E-state index contributed by atoms with van der Waals surface area (Å²) in [7, 11) is -3.53. The molecule has 4 rings (SSSR count). The topological polar surface area (TPSA) is 94.1 Å². The molecule has 0 atom stereocenters. The SMILES string of the molecule is C=COc1nc(Nc2nc3ccccc3s2)nc2ccc(S(=O)(=O)C(C)(C)C)cc12. The van der Waals surface area contributed by atoms with E-state index in [0.717, 1.165) is 10.2 Å². The zero-order valence-electron chi connectivity index (χ0n) is 16.7. The van der Waals surface area contributed by atoms with Crippen LogP contribution in [0, 0.1) is 0 Å². The Bertz CT molecular complexity index is 1340. The van der Waals surface area contributed by atoms with Gasteiger partial charge in [-0.2, -0.15) is 4.98 Å². The number of fused-ring (bicyclic) bond motifs is 2. The third-order valence-corrected chi connectivity index (χ3v) is 7.90. The van der Waals surface area contributed by atoms with Crippen molar-refractivity contribution in [2.24, 2.45) is 0 Å². The average molecular weight is 441 g/mol. The lowest BCUT2D eigenvalue weighted by molar-refractivity contribution is 0.469. The maximum atomic E-state index is 12.8. The third kappa shape index (κ3) is 3.61. The average Bonchev–Trinajstić information content (AvgIpc) is 3.09. The molecule has 0 saturated heterocycles. The van der Waals surface area contributed by atoms with Gasteiger partial charge in [0.25, 0.3) is 0 Å². The van der Waals surface area contributed by atoms with E-state index < -0.39 is 14.6 Å². The lowest BCUT2D eigenvalue weighted by Gasteiger charge is -2.19. The fourth-order valence-electron chi connectivity index (χ4n) is 2.85. The van der Waals surface area contributed by atoms with E-state index in [4.69, 9.17) is 4.74 Å². The molecule has 0 bridgehead atoms. The highest BCUT2D eigenvalue weighted by Gasteiger charge is 2.31. The first-order chi connectivity index (χ1) is 14.2. The second-order valence-electron chi connectivity index (χ2n) is 7.54. The van der Waals surface area contributed by atoms with Gasteiger partial charge in [0.2, 0.25) is 11.8 Å². The number of aromatic nitrogens is 3. The molecule has 0 spiro atoms. The summed E-state index contributed by atoms with van der Waals surface area (Å²) in [6.07, 6.45) is 1.24. The van der Waals surface area contributed by atoms with Gasteiger partial charge < -0.3 is 4.74 Å². The minimum absolute atomic E-state index is 0.187. The van der Waals surface area contributed by atoms with E-state index in [-0.39, 0.29) is 10.8 Å². The highest BCUT2D eigenvalue weighted by molar-refractivity contribution is 7.92. The summed E-state index contributed by atoms with van der Waals surface area (Å²) in [5.74, 6) is 0.509. The molecule has 0 aliphatic heterocycles. The monoisotopic (exact) mass is 440 g/mol. The molecule has 0 aliphatic rings. The number of hydrogen-bond acceptors (Lipinski definition) is 8. The summed E-state index contributed by atoms with van der Waals surface area (Å²) in [6.45, 7) is 8.57. The van der Waals surface area contributed by atoms with Gasteiger partial charge in [0.15, 0.2) is 15.0 Å². The summed E-state index contributed by atoms with van der Waals surface area (Å²) >= 11 is 1.48. The Kier molecular flexibility index (Phi) is 4.95. The molecule has 0 amide bonds. The molecule has 0 unspecified atom stereocenters. The normalized spacial score (nSPS) is 12.2. The van der Waals surface area contributed by atoms with Crippen molar-refractivity contribution in [3.05, 3.63) is 55.3 Å². The fourth-order valence-corrected chi connectivity index (χ4v) is 4.93. The Morgan fingerprint density at radius 3 is 2.53 bits per heavy atom. The van der Waals surface area contributed by atoms with Crippen molar-refractivity contribution in [3.8, 4) is 5.88 Å². The smallest absolute Gasteiger partial charge is 0.232 e. The molecule has 0 fully saturated rings. The van der Waals surface area contributed by atoms with Crippen LogP contribution in [-0.4, -0.2) is 28.1 Å². The lowest BCUT2D eigenvalue weighted by atomic mass is 10.2. The van der Waals surface area contributed by atoms with Crippen molar-refractivity contribution in [2.75, 3.05) is 5.32 Å². The number of hydrogen-bond donors (Lipinski definition) is 1. The lowest BCUT2D eigenvalue weighted by Crippen LogP contribution is -2.27. The fraction of sp³-hybridized carbons (Fsp3) is 0.190. The first-order valence-electron chi connectivity index (χ1n) is 9.15. The van der Waals surface area contributed by atoms with Crippen molar-refractivity contribution in [3.63, 3.8) is 0 Å². The van der Waals surface area contributed by atoms with Crippen molar-refractivity contribution in [1.29, 1.82) is 0 Å². The number of benzene rings is 2. The molecule has 4 aromatic rings. The standard InChI is InChI=1S/C21H20N4O3S2/c1-5-28-18-14-12-13(30(26,27)21(2,3)4)10-11-15(14)22-19(24-18)25-20-23-16-8-6-7-9-17(16)29-20/h5-12H,1H2,2-4H3,(H,22,23,24,25). The van der Waals surface area contributed by atoms with Gasteiger partial charge in [-0.25, -0.2) is 18.4 Å². The molecule has 7 nitrogen and oxygen atoms in total. The van der Waals surface area contributed by atoms with Crippen LogP contribution in [0.15, 0.2) is 60.2 Å². The number of thiazole rings is 1. The van der Waals surface area contributed by atoms with Gasteiger partial charge in [0, 0.05) is 0 Å². The molecule has 30 heavy (non-hydrogen) atoms. The van der Waals surface area contributed by atoms with Crippen molar-refractivity contribution in [1.82, 2.24) is 15.0 Å². The number of anilines is 2. The molecular formula is C21H20N4O3S2. The van der Waals surface area contributed by atoms with Crippen LogP contribution < -0.4 is 10.1 Å². The summed E-state index contributed by atoms with van der Waals surface area (Å²) < 4.78 is 31.3. The van der Waals surface area contributed by atoms with E-state index in [9.17, 15) is 8.42 Å². The third-order valence-electron chi connectivity index (χ3n) is 4.46. The highest BCUT2D eigenvalue weighted by Crippen LogP contribution is 2.32. The zero-order valence-corrected chi connectivity index (χ0v) is 18.3. The van der Waals surface area contributed by atoms with Crippen molar-refractivity contribution >= 4 is 53.4 Å². The Morgan fingerprint density at radius 2 is 1.83 bits per heavy atom. The Morgan fingerprint density at radius 1 is 1.07 bits per heavy atom. The van der Waals surface area contributed by atoms with Gasteiger partial charge in [-0.05, 0) is 51.1 Å². The van der Waals surface area contributed by atoms with Crippen LogP contribution in [0.4, 0.5) is 11.1 Å². The predicted molar refractivity (Wildman–Crippen MR) is 120 cm³/mol. The summed E-state index contributed by atoms with van der Waals surface area (Å²) in [6, 6.07) is 12.5. The van der Waals surface area contributed by atoms with E-state index in [2.05, 4.69) is 26.8 Å². The van der Waals surface area contributed by atoms with Crippen molar-refractivity contribution in [2.45, 2.75) is 30.4 Å². The molecule has 154 valence electrons. The first-order valence-corrected chi connectivity index (χ1v) is 11.5. The molecule has 1 N–H and O–H groups in total. The van der Waals surface area contributed by atoms with Gasteiger partial charge in [0.1, 0.15) is 0 Å². The number of ether oxygens (including phenoxy) is 1. The van der Waals surface area contributed by atoms with E-state index in [0.29, 0.717) is 22.0 Å². The largest absolute Gasteiger partial charge is 0.447 e. The quantitative estimate of drug-likeness (QED) is 0.433. The molecular weight excluding hydrogens is 420 g/mol. The number of sulfone groups is 1. The predicted octanol–water partition coefficient (Wildman–Crippen LogP) is 5.08. The molecule has 2 aromatic carbocycles. The zero-order chi connectivity index (χ0) is 21.5. The number of nitrogens with zero attached hydrogens (tertiary/aromatic N) is 3. The summed E-state index contributed by atoms with van der Waals surface area (Å²) in [5.41, 5.74) is 1.42. The van der Waals surface area contributed by atoms with E-state index in [1.54, 1.807) is 32.9 Å². The van der Waals surface area contributed by atoms with Crippen LogP contribution in [0.2, 0.25) is 0 Å². The van der Waals surface area contributed by atoms with Gasteiger partial charge in [-0.1, -0.05) is 30.0 Å². The molecule has 0 radical (unpaired) electrons. The van der Waals surface area contributed by atoms with Crippen LogP contribution >= 0.6 is 11.3 Å². The van der Waals surface area contributed by atoms with Crippen LogP contribution in [0.3, 0.4) is 0 Å². The minimum atomic E-state index is -3.53. The Labute approximate surface area is 178 Å². The van der Waals surface area contributed by atoms with Crippen molar-refractivity contribution < 1.29 is 13.2 Å². The van der Waals surface area contributed by atoms with Crippen LogP contribution in [0.25, 0.3) is 21.1 Å². The van der Waals surface area contributed by atoms with Gasteiger partial charge in [0.05, 0.1) is 37.0 Å². The minimum Gasteiger partial charge on any atom is -0.447 e. The van der Waals surface area contributed by atoms with E-state index in [1.807, 2.05) is 24.3 Å². The highest BCUT2D eigenvalue weighted by atomic mass is 32.2. The maximum Gasteiger partial charge on any atom is 0.232 e. The van der Waals surface area contributed by atoms with Gasteiger partial charge in [-0.15, -0.1) is 0 Å². The second kappa shape index (κ2) is 7.33. The maximum absolute atomic E-state index is 12.8. The number of para-hydroxylation sites is 1. The van der Waals surface area contributed by atoms with Gasteiger partial charge >= 0.3 is 0 Å². The molecule has 2 heterocycles. The second-order valence-corrected chi connectivity index (χ2v) is 11.3. The summed E-state index contributed by atoms with van der Waals surface area (Å²) in [4.78, 5) is 13.6. The van der Waals surface area contributed by atoms with Gasteiger partial charge in [-0.3, -0.25) is 5.32 Å². The van der Waals surface area contributed by atoms with Crippen LogP contribution in [0.1, 0.15) is 20.8 Å². The van der Waals surface area contributed by atoms with E-state index in [1.165, 1.54) is 23.7 Å². The van der Waals surface area contributed by atoms with Crippen LogP contribution in [-0.2, 0) is 9.84 Å². The molecule has 2 aromatic heterocycles. The molecule has 0 aliphatic carbocycles. The van der Waals surface area contributed by atoms with Crippen LogP contribution in [0.5, 0.6) is 5.88 Å². The number of rotatable bonds is 5. The number of nitrogens with one attached hydrogen (secondary N) is 1. The molecule has 0 saturated carbocycles. The Balaban J connectivity index is 1.79.